The number of hydrogen-bond acceptors (Lipinski definition) is 4. The Kier molecular flexibility index (Phi) is 4.93. The molecule has 0 unspecified atom stereocenters. The number of hydrogen-bond donors (Lipinski definition) is 1. The summed E-state index contributed by atoms with van der Waals surface area (Å²) in [6, 6.07) is 9.83. The van der Waals surface area contributed by atoms with Gasteiger partial charge < -0.3 is 0 Å². The predicted octanol–water partition coefficient (Wildman–Crippen LogP) is 2.89. The highest BCUT2D eigenvalue weighted by Gasteiger charge is 2.32. The molecule has 2 rings (SSSR count). The average molecular weight is 318 g/mol. The lowest BCUT2D eigenvalue weighted by Gasteiger charge is -2.13. The molecule has 1 aromatic carbocycles. The van der Waals surface area contributed by atoms with Gasteiger partial charge in [0.25, 0.3) is 5.91 Å². The number of carbonyl (C=O) groups is 2. The third-order valence-corrected chi connectivity index (χ3v) is 3.92. The van der Waals surface area contributed by atoms with Crippen molar-refractivity contribution in [3.05, 3.63) is 52.4 Å². The lowest BCUT2D eigenvalue weighted by molar-refractivity contribution is -0.132. The lowest BCUT2D eigenvalue weighted by Crippen LogP contribution is -2.43. The van der Waals surface area contributed by atoms with Crippen LogP contribution in [0.3, 0.4) is 0 Å². The summed E-state index contributed by atoms with van der Waals surface area (Å²) in [5.74, 6) is -0.634. The molecule has 0 aromatic heterocycles. The van der Waals surface area contributed by atoms with Gasteiger partial charge in [-0.2, -0.15) is 5.01 Å². The Morgan fingerprint density at radius 3 is 2.57 bits per heavy atom. The number of amides is 2. The molecule has 0 saturated carbocycles. The van der Waals surface area contributed by atoms with Crippen LogP contribution >= 0.6 is 24.0 Å². The molecular weight excluding hydrogens is 304 g/mol. The fourth-order valence-corrected chi connectivity index (χ4v) is 3.01. The van der Waals surface area contributed by atoms with E-state index in [0.717, 1.165) is 16.1 Å². The molecule has 0 spiro atoms. The minimum Gasteiger partial charge on any atom is -0.274 e. The van der Waals surface area contributed by atoms with E-state index in [1.807, 2.05) is 43.3 Å². The van der Waals surface area contributed by atoms with Crippen LogP contribution in [-0.4, -0.2) is 21.1 Å². The third kappa shape index (κ3) is 4.03. The quantitative estimate of drug-likeness (QED) is 0.688. The first-order valence-corrected chi connectivity index (χ1v) is 7.48. The highest BCUT2D eigenvalue weighted by molar-refractivity contribution is 8.26. The molecule has 1 heterocycles. The van der Waals surface area contributed by atoms with Gasteiger partial charge in [-0.15, -0.1) is 0 Å². The Labute approximate surface area is 132 Å². The van der Waals surface area contributed by atoms with Crippen molar-refractivity contribution in [2.75, 3.05) is 0 Å². The summed E-state index contributed by atoms with van der Waals surface area (Å²) < 4.78 is 0.328. The topological polar surface area (TPSA) is 49.4 Å². The molecule has 0 atom stereocenters. The Morgan fingerprint density at radius 1 is 1.29 bits per heavy atom. The van der Waals surface area contributed by atoms with Crippen molar-refractivity contribution in [3.63, 3.8) is 0 Å². The molecule has 1 saturated heterocycles. The van der Waals surface area contributed by atoms with Crippen LogP contribution in [0.25, 0.3) is 6.08 Å². The van der Waals surface area contributed by atoms with Gasteiger partial charge in [0.1, 0.15) is 0 Å². The van der Waals surface area contributed by atoms with Crippen molar-refractivity contribution in [2.45, 2.75) is 13.8 Å². The predicted molar refractivity (Wildman–Crippen MR) is 89.0 cm³/mol. The zero-order chi connectivity index (χ0) is 15.4. The first-order valence-electron chi connectivity index (χ1n) is 6.26. The van der Waals surface area contributed by atoms with Crippen LogP contribution in [-0.2, 0) is 9.59 Å². The normalized spacial score (nSPS) is 17.5. The molecule has 4 nitrogen and oxygen atoms in total. The van der Waals surface area contributed by atoms with Crippen molar-refractivity contribution in [1.29, 1.82) is 0 Å². The molecule has 0 aliphatic carbocycles. The summed E-state index contributed by atoms with van der Waals surface area (Å²) in [5.41, 5.74) is 4.41. The van der Waals surface area contributed by atoms with E-state index in [0.29, 0.717) is 9.23 Å². The molecule has 0 bridgehead atoms. The summed E-state index contributed by atoms with van der Waals surface area (Å²) in [6.07, 6.45) is 3.75. The maximum Gasteiger partial charge on any atom is 0.285 e. The summed E-state index contributed by atoms with van der Waals surface area (Å²) in [6.45, 7) is 3.25. The molecule has 2 amide bonds. The van der Waals surface area contributed by atoms with Gasteiger partial charge in [0, 0.05) is 6.92 Å². The minimum absolute atomic E-state index is 0.305. The maximum absolute atomic E-state index is 12.1. The van der Waals surface area contributed by atoms with Crippen molar-refractivity contribution in [1.82, 2.24) is 10.4 Å². The Balaban J connectivity index is 2.18. The molecule has 108 valence electrons. The Morgan fingerprint density at radius 2 is 1.95 bits per heavy atom. The van der Waals surface area contributed by atoms with Gasteiger partial charge in [0.05, 0.1) is 4.91 Å². The largest absolute Gasteiger partial charge is 0.285 e. The highest BCUT2D eigenvalue weighted by atomic mass is 32.2. The van der Waals surface area contributed by atoms with Crippen molar-refractivity contribution < 1.29 is 9.59 Å². The molecule has 6 heteroatoms. The zero-order valence-corrected chi connectivity index (χ0v) is 13.3. The summed E-state index contributed by atoms with van der Waals surface area (Å²) in [7, 11) is 0. The van der Waals surface area contributed by atoms with Gasteiger partial charge in [-0.3, -0.25) is 15.0 Å². The third-order valence-electron chi connectivity index (χ3n) is 2.62. The summed E-state index contributed by atoms with van der Waals surface area (Å²) >= 11 is 6.26. The van der Waals surface area contributed by atoms with Crippen LogP contribution in [0.2, 0.25) is 0 Å². The molecule has 1 fully saturated rings. The monoisotopic (exact) mass is 318 g/mol. The van der Waals surface area contributed by atoms with Gasteiger partial charge in [-0.1, -0.05) is 48.2 Å². The number of thiocarbonyl (C=S) groups is 1. The smallest absolute Gasteiger partial charge is 0.274 e. The number of thioether (sulfide) groups is 1. The van der Waals surface area contributed by atoms with E-state index in [2.05, 4.69) is 5.43 Å². The van der Waals surface area contributed by atoms with Crippen LogP contribution in [0.4, 0.5) is 0 Å². The number of nitrogens with one attached hydrogen (secondary N) is 1. The van der Waals surface area contributed by atoms with Crippen LogP contribution < -0.4 is 5.43 Å². The first-order chi connectivity index (χ1) is 9.97. The minimum atomic E-state index is -0.330. The fourth-order valence-electron chi connectivity index (χ4n) is 1.78. The number of rotatable bonds is 3. The van der Waals surface area contributed by atoms with Gasteiger partial charge >= 0.3 is 0 Å². The highest BCUT2D eigenvalue weighted by Crippen LogP contribution is 2.30. The van der Waals surface area contributed by atoms with Crippen LogP contribution in [0.5, 0.6) is 0 Å². The fraction of sp³-hybridized carbons (Fsp3) is 0.133. The van der Waals surface area contributed by atoms with Gasteiger partial charge in [0.15, 0.2) is 4.32 Å². The number of carbonyl (C=O) groups excluding carboxylic acids is 2. The molecule has 1 aliphatic heterocycles. The Hall–Kier alpha value is -1.92. The van der Waals surface area contributed by atoms with E-state index in [1.54, 1.807) is 6.08 Å². The molecule has 1 N–H and O–H groups in total. The first kappa shape index (κ1) is 15.5. The lowest BCUT2D eigenvalue weighted by atomic mass is 10.1. The summed E-state index contributed by atoms with van der Waals surface area (Å²) in [5, 5.41) is 1.10. The van der Waals surface area contributed by atoms with Crippen LogP contribution in [0.15, 0.2) is 46.9 Å². The molecule has 1 aliphatic rings. The summed E-state index contributed by atoms with van der Waals surface area (Å²) in [4.78, 5) is 23.7. The Bertz CT molecular complexity index is 651. The van der Waals surface area contributed by atoms with Crippen molar-refractivity contribution in [3.8, 4) is 0 Å². The van der Waals surface area contributed by atoms with Gasteiger partial charge in [-0.25, -0.2) is 0 Å². The molecular formula is C15H14N2O2S2. The zero-order valence-electron chi connectivity index (χ0n) is 11.6. The van der Waals surface area contributed by atoms with Crippen molar-refractivity contribution in [2.24, 2.45) is 0 Å². The second kappa shape index (κ2) is 6.69. The van der Waals surface area contributed by atoms with Crippen LogP contribution in [0, 0.1) is 0 Å². The molecule has 21 heavy (non-hydrogen) atoms. The molecule has 0 radical (unpaired) electrons. The van der Waals surface area contributed by atoms with Crippen LogP contribution in [0.1, 0.15) is 19.4 Å². The SMILES string of the molecule is CC(=O)NN1C(=O)/C(=C/C(C)=C/c2ccccc2)SC1=S. The number of nitrogens with zero attached hydrogens (tertiary/aromatic N) is 1. The maximum atomic E-state index is 12.1. The average Bonchev–Trinajstić information content (AvgIpc) is 2.67. The van der Waals surface area contributed by atoms with E-state index >= 15 is 0 Å². The van der Waals surface area contributed by atoms with Gasteiger partial charge in [0.2, 0.25) is 5.91 Å². The van der Waals surface area contributed by atoms with E-state index in [9.17, 15) is 9.59 Å². The van der Waals surface area contributed by atoms with E-state index in [1.165, 1.54) is 18.7 Å². The standard InChI is InChI=1S/C15H14N2O2S2/c1-10(8-12-6-4-3-5-7-12)9-13-14(19)17(15(20)21-13)16-11(2)18/h3-9H,1-2H3,(H,16,18)/b10-8+,13-9-. The second-order valence-electron chi connectivity index (χ2n) is 4.48. The number of benzene rings is 1. The number of hydrazine groups is 1. The van der Waals surface area contributed by atoms with Gasteiger partial charge in [-0.05, 0) is 36.4 Å². The van der Waals surface area contributed by atoms with E-state index in [-0.39, 0.29) is 11.8 Å². The van der Waals surface area contributed by atoms with E-state index in [4.69, 9.17) is 12.2 Å². The van der Waals surface area contributed by atoms with E-state index < -0.39 is 0 Å². The number of allylic oxidation sites excluding steroid dienone is 2. The second-order valence-corrected chi connectivity index (χ2v) is 6.16. The molecule has 1 aromatic rings. The van der Waals surface area contributed by atoms with Crippen molar-refractivity contribution >= 4 is 46.2 Å².